The Morgan fingerprint density at radius 1 is 0.875 bits per heavy atom. The number of benzene rings is 4. The van der Waals surface area contributed by atoms with Gasteiger partial charge in [-0.05, 0) is 61.9 Å². The summed E-state index contributed by atoms with van der Waals surface area (Å²) < 4.78 is 0. The lowest BCUT2D eigenvalue weighted by atomic mass is 10.00. The Morgan fingerprint density at radius 2 is 1.55 bits per heavy atom. The lowest BCUT2D eigenvalue weighted by Crippen LogP contribution is -2.56. The zero-order chi connectivity index (χ0) is 28.4. The molecular formula is C34H35N3O3. The van der Waals surface area contributed by atoms with Gasteiger partial charge in [0.25, 0.3) is 5.91 Å². The van der Waals surface area contributed by atoms with Crippen LogP contribution in [0.3, 0.4) is 0 Å². The summed E-state index contributed by atoms with van der Waals surface area (Å²) in [5.74, 6) is -0.711. The standard InChI is InChI=1S/C34H35N3O3/c1-23-12-8-9-15-26(23)21-36(29(32(39)35-34(2,3)4)20-24-13-6-5-7-14-24)30(38)22-37-28-19-11-17-25-16-10-18-27(31(25)28)33(37)40/h5-19,29H,20-22H2,1-4H3,(H,35,39). The number of nitrogens with one attached hydrogen (secondary N) is 1. The van der Waals surface area contributed by atoms with E-state index < -0.39 is 11.6 Å². The van der Waals surface area contributed by atoms with Crippen LogP contribution in [0.15, 0.2) is 91.0 Å². The Hall–Kier alpha value is -4.45. The third kappa shape index (κ3) is 5.62. The third-order valence-electron chi connectivity index (χ3n) is 7.31. The molecule has 0 bridgehead atoms. The van der Waals surface area contributed by atoms with Crippen LogP contribution in [0.1, 0.15) is 47.8 Å². The van der Waals surface area contributed by atoms with Gasteiger partial charge < -0.3 is 10.2 Å². The Balaban J connectivity index is 1.53. The second-order valence-corrected chi connectivity index (χ2v) is 11.5. The van der Waals surface area contributed by atoms with Crippen LogP contribution in [-0.2, 0) is 22.6 Å². The molecule has 0 saturated heterocycles. The molecule has 1 N–H and O–H groups in total. The fourth-order valence-corrected chi connectivity index (χ4v) is 5.34. The summed E-state index contributed by atoms with van der Waals surface area (Å²) in [6.07, 6.45) is 0.351. The zero-order valence-corrected chi connectivity index (χ0v) is 23.5. The van der Waals surface area contributed by atoms with Gasteiger partial charge >= 0.3 is 0 Å². The van der Waals surface area contributed by atoms with E-state index in [0.717, 1.165) is 33.2 Å². The molecule has 4 aromatic carbocycles. The minimum Gasteiger partial charge on any atom is -0.350 e. The summed E-state index contributed by atoms with van der Waals surface area (Å²) in [6, 6.07) is 28.2. The molecule has 6 heteroatoms. The van der Waals surface area contributed by atoms with Gasteiger partial charge in [0.1, 0.15) is 12.6 Å². The van der Waals surface area contributed by atoms with Crippen molar-refractivity contribution in [2.75, 3.05) is 11.4 Å². The smallest absolute Gasteiger partial charge is 0.259 e. The van der Waals surface area contributed by atoms with Crippen molar-refractivity contribution >= 4 is 34.2 Å². The van der Waals surface area contributed by atoms with E-state index in [-0.39, 0.29) is 30.8 Å². The van der Waals surface area contributed by atoms with Gasteiger partial charge in [-0.25, -0.2) is 0 Å². The summed E-state index contributed by atoms with van der Waals surface area (Å²) in [6.45, 7) is 7.88. The highest BCUT2D eigenvalue weighted by molar-refractivity contribution is 6.26. The fourth-order valence-electron chi connectivity index (χ4n) is 5.34. The molecular weight excluding hydrogens is 498 g/mol. The first kappa shape index (κ1) is 27.1. The summed E-state index contributed by atoms with van der Waals surface area (Å²) in [7, 11) is 0. The first-order chi connectivity index (χ1) is 19.1. The van der Waals surface area contributed by atoms with Gasteiger partial charge in [0.05, 0.1) is 5.69 Å². The molecule has 1 heterocycles. The quantitative estimate of drug-likeness (QED) is 0.318. The van der Waals surface area contributed by atoms with E-state index in [0.29, 0.717) is 12.0 Å². The molecule has 204 valence electrons. The van der Waals surface area contributed by atoms with Gasteiger partial charge in [-0.3, -0.25) is 19.3 Å². The number of anilines is 1. The molecule has 0 aliphatic carbocycles. The van der Waals surface area contributed by atoms with Crippen molar-refractivity contribution in [2.45, 2.75) is 52.2 Å². The van der Waals surface area contributed by atoms with Crippen LogP contribution in [0, 0.1) is 6.92 Å². The molecule has 1 aliphatic heterocycles. The molecule has 1 unspecified atom stereocenters. The molecule has 1 atom stereocenters. The number of hydrogen-bond donors (Lipinski definition) is 1. The number of nitrogens with zero attached hydrogens (tertiary/aromatic N) is 2. The van der Waals surface area contributed by atoms with Crippen LogP contribution in [0.5, 0.6) is 0 Å². The summed E-state index contributed by atoms with van der Waals surface area (Å²) in [4.78, 5) is 44.8. The van der Waals surface area contributed by atoms with Gasteiger partial charge in [-0.2, -0.15) is 0 Å². The molecule has 0 fully saturated rings. The minimum absolute atomic E-state index is 0.160. The molecule has 0 aromatic heterocycles. The maximum Gasteiger partial charge on any atom is 0.259 e. The lowest BCUT2D eigenvalue weighted by molar-refractivity contribution is -0.140. The Labute approximate surface area is 235 Å². The van der Waals surface area contributed by atoms with Crippen molar-refractivity contribution in [2.24, 2.45) is 0 Å². The fraction of sp³-hybridized carbons (Fsp3) is 0.265. The number of aryl methyl sites for hydroxylation is 1. The molecule has 40 heavy (non-hydrogen) atoms. The normalized spacial score (nSPS) is 13.4. The van der Waals surface area contributed by atoms with Crippen LogP contribution >= 0.6 is 0 Å². The van der Waals surface area contributed by atoms with E-state index in [1.165, 1.54) is 0 Å². The van der Waals surface area contributed by atoms with Crippen LogP contribution in [0.25, 0.3) is 10.8 Å². The van der Waals surface area contributed by atoms with Gasteiger partial charge in [-0.15, -0.1) is 0 Å². The third-order valence-corrected chi connectivity index (χ3v) is 7.31. The van der Waals surface area contributed by atoms with Gasteiger partial charge in [0.2, 0.25) is 11.8 Å². The number of hydrogen-bond acceptors (Lipinski definition) is 3. The average Bonchev–Trinajstić information content (AvgIpc) is 3.19. The molecule has 6 nitrogen and oxygen atoms in total. The molecule has 5 rings (SSSR count). The van der Waals surface area contributed by atoms with Crippen molar-refractivity contribution in [1.29, 1.82) is 0 Å². The van der Waals surface area contributed by atoms with Crippen molar-refractivity contribution in [3.63, 3.8) is 0 Å². The highest BCUT2D eigenvalue weighted by atomic mass is 16.2. The molecule has 0 saturated carbocycles. The first-order valence-corrected chi connectivity index (χ1v) is 13.7. The molecule has 0 radical (unpaired) electrons. The maximum atomic E-state index is 14.3. The van der Waals surface area contributed by atoms with E-state index in [1.807, 2.05) is 113 Å². The monoisotopic (exact) mass is 533 g/mol. The first-order valence-electron chi connectivity index (χ1n) is 13.7. The summed E-state index contributed by atoms with van der Waals surface area (Å²) in [5, 5.41) is 4.91. The van der Waals surface area contributed by atoms with Crippen molar-refractivity contribution in [3.8, 4) is 0 Å². The number of carbonyl (C=O) groups is 3. The van der Waals surface area contributed by atoms with Gasteiger partial charge in [-0.1, -0.05) is 78.9 Å². The summed E-state index contributed by atoms with van der Waals surface area (Å²) >= 11 is 0. The highest BCUT2D eigenvalue weighted by Gasteiger charge is 2.36. The molecule has 1 aliphatic rings. The predicted octanol–water partition coefficient (Wildman–Crippen LogP) is 5.66. The van der Waals surface area contributed by atoms with E-state index >= 15 is 0 Å². The largest absolute Gasteiger partial charge is 0.350 e. The SMILES string of the molecule is Cc1ccccc1CN(C(=O)CN1C(=O)c2cccc3cccc1c23)C(Cc1ccccc1)C(=O)NC(C)(C)C. The van der Waals surface area contributed by atoms with Crippen molar-refractivity contribution in [3.05, 3.63) is 113 Å². The number of carbonyl (C=O) groups excluding carboxylic acids is 3. The van der Waals surface area contributed by atoms with E-state index in [4.69, 9.17) is 0 Å². The van der Waals surface area contributed by atoms with E-state index in [9.17, 15) is 14.4 Å². The van der Waals surface area contributed by atoms with Crippen LogP contribution in [-0.4, -0.2) is 40.7 Å². The van der Waals surface area contributed by atoms with Gasteiger partial charge in [0, 0.05) is 29.5 Å². The van der Waals surface area contributed by atoms with Crippen LogP contribution < -0.4 is 10.2 Å². The zero-order valence-electron chi connectivity index (χ0n) is 23.5. The second kappa shape index (κ2) is 11.0. The van der Waals surface area contributed by atoms with E-state index in [2.05, 4.69) is 5.32 Å². The average molecular weight is 534 g/mol. The summed E-state index contributed by atoms with van der Waals surface area (Å²) in [5.41, 5.74) is 3.78. The van der Waals surface area contributed by atoms with Crippen LogP contribution in [0.4, 0.5) is 5.69 Å². The highest BCUT2D eigenvalue weighted by Crippen LogP contribution is 2.37. The number of amides is 3. The lowest BCUT2D eigenvalue weighted by Gasteiger charge is -2.35. The predicted molar refractivity (Wildman–Crippen MR) is 159 cm³/mol. The Kier molecular flexibility index (Phi) is 7.44. The molecule has 3 amide bonds. The topological polar surface area (TPSA) is 69.7 Å². The van der Waals surface area contributed by atoms with Crippen molar-refractivity contribution < 1.29 is 14.4 Å². The second-order valence-electron chi connectivity index (χ2n) is 11.5. The Morgan fingerprint density at radius 3 is 2.25 bits per heavy atom. The minimum atomic E-state index is -0.774. The Bertz CT molecular complexity index is 1570. The van der Waals surface area contributed by atoms with E-state index in [1.54, 1.807) is 15.9 Å². The van der Waals surface area contributed by atoms with Crippen molar-refractivity contribution in [1.82, 2.24) is 10.2 Å². The molecule has 4 aromatic rings. The molecule has 0 spiro atoms. The van der Waals surface area contributed by atoms with Crippen LogP contribution in [0.2, 0.25) is 0 Å². The van der Waals surface area contributed by atoms with Gasteiger partial charge in [0.15, 0.2) is 0 Å². The number of rotatable bonds is 8. The maximum absolute atomic E-state index is 14.3.